The van der Waals surface area contributed by atoms with Crippen LogP contribution in [0.1, 0.15) is 65.2 Å². The zero-order chi connectivity index (χ0) is 18.8. The van der Waals surface area contributed by atoms with Crippen molar-refractivity contribution in [2.75, 3.05) is 13.2 Å². The lowest BCUT2D eigenvalue weighted by molar-refractivity contribution is -0.370. The summed E-state index contributed by atoms with van der Waals surface area (Å²) in [6.07, 6.45) is 7.12. The van der Waals surface area contributed by atoms with E-state index in [1.807, 2.05) is 6.92 Å². The van der Waals surface area contributed by atoms with E-state index >= 15 is 0 Å². The molecule has 0 aromatic heterocycles. The number of esters is 3. The normalized spacial score (nSPS) is 38.2. The minimum Gasteiger partial charge on any atom is -0.459 e. The molecule has 0 radical (unpaired) electrons. The summed E-state index contributed by atoms with van der Waals surface area (Å²) in [5, 5.41) is 0. The van der Waals surface area contributed by atoms with E-state index < -0.39 is 17.4 Å². The number of carbonyl (C=O) groups is 3. The van der Waals surface area contributed by atoms with E-state index in [1.54, 1.807) is 0 Å². The van der Waals surface area contributed by atoms with Gasteiger partial charge in [0.1, 0.15) is 0 Å². The van der Waals surface area contributed by atoms with Gasteiger partial charge in [0.2, 0.25) is 0 Å². The maximum Gasteiger partial charge on any atom is 0.314 e. The number of ether oxygens (including phenoxy) is 4. The van der Waals surface area contributed by atoms with Gasteiger partial charge in [-0.05, 0) is 32.1 Å². The molecule has 146 valence electrons. The Balaban J connectivity index is 1.81. The number of carbonyl (C=O) groups excluding carboxylic acids is 3. The Bertz CT molecular complexity index is 574. The third-order valence-corrected chi connectivity index (χ3v) is 5.88. The molecule has 2 bridgehead atoms. The molecule has 7 heteroatoms. The Morgan fingerprint density at radius 3 is 2.69 bits per heavy atom. The summed E-state index contributed by atoms with van der Waals surface area (Å²) < 4.78 is 22.1. The standard InChI is InChI=1S/C19H28O7/c1-13(20)23-11-19-12-24-16(21)9-7-5-3-4-6-8-14-10-15(17(22)25-19)18(14,2)26-19/h14-15H,3-12H2,1-2H3/t14-,15-,18-,19+/m0/s1. The lowest BCUT2D eigenvalue weighted by atomic mass is 9.59. The van der Waals surface area contributed by atoms with Crippen molar-refractivity contribution in [3.8, 4) is 0 Å². The molecule has 2 saturated heterocycles. The van der Waals surface area contributed by atoms with E-state index in [-0.39, 0.29) is 37.0 Å². The average molecular weight is 368 g/mol. The molecular formula is C19H28O7. The van der Waals surface area contributed by atoms with Gasteiger partial charge in [-0.3, -0.25) is 14.4 Å². The molecule has 3 fully saturated rings. The number of hydrogen-bond acceptors (Lipinski definition) is 7. The van der Waals surface area contributed by atoms with Gasteiger partial charge in [-0.1, -0.05) is 25.7 Å². The maximum atomic E-state index is 12.5. The summed E-state index contributed by atoms with van der Waals surface area (Å²) in [6.45, 7) is 2.64. The summed E-state index contributed by atoms with van der Waals surface area (Å²) in [6, 6.07) is 0. The van der Waals surface area contributed by atoms with Crippen molar-refractivity contribution < 1.29 is 33.3 Å². The van der Waals surface area contributed by atoms with Gasteiger partial charge in [-0.15, -0.1) is 0 Å². The van der Waals surface area contributed by atoms with Crippen LogP contribution in [0, 0.1) is 11.8 Å². The second-order valence-corrected chi connectivity index (χ2v) is 7.85. The Kier molecular flexibility index (Phi) is 5.55. The topological polar surface area (TPSA) is 88.1 Å². The second kappa shape index (κ2) is 7.55. The Labute approximate surface area is 153 Å². The van der Waals surface area contributed by atoms with Crippen LogP contribution < -0.4 is 0 Å². The number of rotatable bonds is 2. The van der Waals surface area contributed by atoms with E-state index in [2.05, 4.69) is 0 Å². The van der Waals surface area contributed by atoms with Crippen LogP contribution in [0.5, 0.6) is 0 Å². The fraction of sp³-hybridized carbons (Fsp3) is 0.842. The van der Waals surface area contributed by atoms with Crippen LogP contribution in [0.3, 0.4) is 0 Å². The van der Waals surface area contributed by atoms with Crippen LogP contribution in [0.4, 0.5) is 0 Å². The number of cyclic esters (lactones) is 1. The fourth-order valence-electron chi connectivity index (χ4n) is 4.27. The third-order valence-electron chi connectivity index (χ3n) is 5.88. The van der Waals surface area contributed by atoms with E-state index in [0.29, 0.717) is 6.42 Å². The van der Waals surface area contributed by atoms with Crippen molar-refractivity contribution in [1.82, 2.24) is 0 Å². The first-order chi connectivity index (χ1) is 12.3. The van der Waals surface area contributed by atoms with Crippen LogP contribution in [0.15, 0.2) is 0 Å². The molecular weight excluding hydrogens is 340 g/mol. The Hall–Kier alpha value is -1.63. The molecule has 1 saturated carbocycles. The van der Waals surface area contributed by atoms with Crippen molar-refractivity contribution in [2.45, 2.75) is 76.6 Å². The van der Waals surface area contributed by atoms with E-state index in [4.69, 9.17) is 18.9 Å². The maximum absolute atomic E-state index is 12.5. The summed E-state index contributed by atoms with van der Waals surface area (Å²) in [4.78, 5) is 35.8. The van der Waals surface area contributed by atoms with Crippen LogP contribution in [-0.4, -0.2) is 42.5 Å². The zero-order valence-electron chi connectivity index (χ0n) is 15.6. The Morgan fingerprint density at radius 2 is 1.92 bits per heavy atom. The molecule has 0 N–H and O–H groups in total. The highest BCUT2D eigenvalue weighted by molar-refractivity contribution is 5.77. The molecule has 2 aliphatic heterocycles. The van der Waals surface area contributed by atoms with Crippen molar-refractivity contribution in [3.63, 3.8) is 0 Å². The van der Waals surface area contributed by atoms with Gasteiger partial charge in [-0.25, -0.2) is 0 Å². The first-order valence-electron chi connectivity index (χ1n) is 9.57. The van der Waals surface area contributed by atoms with Crippen molar-refractivity contribution in [3.05, 3.63) is 0 Å². The molecule has 0 spiro atoms. The Morgan fingerprint density at radius 1 is 1.19 bits per heavy atom. The first-order valence-corrected chi connectivity index (χ1v) is 9.57. The van der Waals surface area contributed by atoms with E-state index in [0.717, 1.165) is 44.9 Å². The van der Waals surface area contributed by atoms with Gasteiger partial charge < -0.3 is 18.9 Å². The van der Waals surface area contributed by atoms with Crippen molar-refractivity contribution in [1.29, 1.82) is 0 Å². The van der Waals surface area contributed by atoms with Crippen molar-refractivity contribution in [2.24, 2.45) is 11.8 Å². The SMILES string of the molecule is CC(=O)OC[C@@]12COC(=O)CCCCCCC[C@H]3C[C@@H](C(=O)O1)[C@@]3(C)O2. The van der Waals surface area contributed by atoms with Crippen LogP contribution in [0.25, 0.3) is 0 Å². The zero-order valence-corrected chi connectivity index (χ0v) is 15.6. The highest BCUT2D eigenvalue weighted by Gasteiger charge is 2.65. The predicted octanol–water partition coefficient (Wildman–Crippen LogP) is 2.50. The van der Waals surface area contributed by atoms with Gasteiger partial charge in [0, 0.05) is 13.3 Å². The molecule has 0 aromatic rings. The van der Waals surface area contributed by atoms with Gasteiger partial charge in [0.25, 0.3) is 5.79 Å². The first kappa shape index (κ1) is 19.1. The quantitative estimate of drug-likeness (QED) is 0.546. The molecule has 0 unspecified atom stereocenters. The molecule has 26 heavy (non-hydrogen) atoms. The third kappa shape index (κ3) is 3.87. The van der Waals surface area contributed by atoms with Gasteiger partial charge in [0.05, 0.1) is 11.5 Å². The van der Waals surface area contributed by atoms with Crippen LogP contribution in [0.2, 0.25) is 0 Å². The summed E-state index contributed by atoms with van der Waals surface area (Å²) in [5.41, 5.74) is -0.675. The average Bonchev–Trinajstić information content (AvgIpc) is 2.57. The molecule has 3 rings (SSSR count). The van der Waals surface area contributed by atoms with Gasteiger partial charge in [0.15, 0.2) is 13.2 Å². The minimum atomic E-state index is -1.56. The number of hydrogen-bond donors (Lipinski definition) is 0. The summed E-state index contributed by atoms with van der Waals surface area (Å²) in [7, 11) is 0. The lowest BCUT2D eigenvalue weighted by Crippen LogP contribution is -2.69. The molecule has 3 aliphatic rings. The smallest absolute Gasteiger partial charge is 0.314 e. The highest BCUT2D eigenvalue weighted by atomic mass is 16.8. The van der Waals surface area contributed by atoms with Crippen molar-refractivity contribution >= 4 is 17.9 Å². The van der Waals surface area contributed by atoms with Gasteiger partial charge >= 0.3 is 17.9 Å². The highest BCUT2D eigenvalue weighted by Crippen LogP contribution is 2.54. The molecule has 4 atom stereocenters. The van der Waals surface area contributed by atoms with E-state index in [9.17, 15) is 14.4 Å². The molecule has 0 aromatic carbocycles. The second-order valence-electron chi connectivity index (χ2n) is 7.85. The monoisotopic (exact) mass is 368 g/mol. The molecule has 1 aliphatic carbocycles. The predicted molar refractivity (Wildman–Crippen MR) is 89.8 cm³/mol. The van der Waals surface area contributed by atoms with Gasteiger partial charge in [-0.2, -0.15) is 0 Å². The fourth-order valence-corrected chi connectivity index (χ4v) is 4.27. The molecule has 0 amide bonds. The minimum absolute atomic E-state index is 0.246. The summed E-state index contributed by atoms with van der Waals surface area (Å²) >= 11 is 0. The van der Waals surface area contributed by atoms with Crippen LogP contribution in [-0.2, 0) is 33.3 Å². The van der Waals surface area contributed by atoms with E-state index in [1.165, 1.54) is 6.92 Å². The largest absolute Gasteiger partial charge is 0.459 e. The van der Waals surface area contributed by atoms with Crippen LogP contribution >= 0.6 is 0 Å². The lowest BCUT2D eigenvalue weighted by Gasteiger charge is -2.59. The number of fused-ring (bicyclic) bond motifs is 1. The molecule has 2 heterocycles. The molecule has 7 nitrogen and oxygen atoms in total. The summed E-state index contributed by atoms with van der Waals surface area (Å²) in [5.74, 6) is -2.88.